The van der Waals surface area contributed by atoms with Crippen LogP contribution < -0.4 is 0 Å². The van der Waals surface area contributed by atoms with Gasteiger partial charge in [-0.25, -0.2) is 0 Å². The average Bonchev–Trinajstić information content (AvgIpc) is 2.92. The molecule has 0 aromatic rings. The van der Waals surface area contributed by atoms with Crippen LogP contribution in [0.2, 0.25) is 0 Å². The largest absolute Gasteiger partial charge is 0.480 e. The lowest BCUT2D eigenvalue weighted by atomic mass is 10.1. The van der Waals surface area contributed by atoms with Crippen LogP contribution in [-0.2, 0) is 23.9 Å². The van der Waals surface area contributed by atoms with Crippen LogP contribution >= 0.6 is 0 Å². The maximum absolute atomic E-state index is 11.5. The second-order valence-electron chi connectivity index (χ2n) is 10.8. The summed E-state index contributed by atoms with van der Waals surface area (Å²) in [6.07, 6.45) is 20.4. The number of carbonyl (C=O) groups excluding carboxylic acids is 2. The molecule has 0 aliphatic carbocycles. The lowest BCUT2D eigenvalue weighted by molar-refractivity contribution is -0.141. The zero-order valence-corrected chi connectivity index (χ0v) is 25.6. The third-order valence-electron chi connectivity index (χ3n) is 7.34. The highest BCUT2D eigenvalue weighted by molar-refractivity contribution is 5.69. The summed E-state index contributed by atoms with van der Waals surface area (Å²) < 4.78 is 9.39. The van der Waals surface area contributed by atoms with Crippen molar-refractivity contribution in [3.8, 4) is 0 Å². The Morgan fingerprint density at radius 1 is 0.513 bits per heavy atom. The van der Waals surface area contributed by atoms with E-state index in [0.29, 0.717) is 12.8 Å². The summed E-state index contributed by atoms with van der Waals surface area (Å²) in [5.74, 6) is -1.04. The number of nitrogens with zero attached hydrogens (tertiary/aromatic N) is 2. The number of ether oxygens (including phenoxy) is 2. The van der Waals surface area contributed by atoms with E-state index in [4.69, 9.17) is 4.74 Å². The van der Waals surface area contributed by atoms with Crippen LogP contribution in [0.4, 0.5) is 0 Å². The Balaban J connectivity index is 4.45. The van der Waals surface area contributed by atoms with Gasteiger partial charge in [-0.1, -0.05) is 84.0 Å². The molecule has 0 amide bonds. The van der Waals surface area contributed by atoms with E-state index in [1.54, 1.807) is 0 Å². The Kier molecular flexibility index (Phi) is 26.7. The Labute approximate surface area is 239 Å². The molecule has 0 fully saturated rings. The highest BCUT2D eigenvalue weighted by atomic mass is 16.5. The molecule has 0 aromatic heterocycles. The summed E-state index contributed by atoms with van der Waals surface area (Å²) in [5.41, 5.74) is 0. The summed E-state index contributed by atoms with van der Waals surface area (Å²) >= 11 is 0. The number of carboxylic acid groups (broad SMARTS) is 1. The molecule has 0 saturated carbocycles. The van der Waals surface area contributed by atoms with E-state index < -0.39 is 5.97 Å². The van der Waals surface area contributed by atoms with Crippen LogP contribution in [0.1, 0.15) is 129 Å². The molecule has 0 bridgehead atoms. The lowest BCUT2D eigenvalue weighted by Gasteiger charge is -2.27. The van der Waals surface area contributed by atoms with Crippen molar-refractivity contribution in [2.75, 3.05) is 53.5 Å². The molecule has 0 radical (unpaired) electrons. The second-order valence-corrected chi connectivity index (χ2v) is 10.8. The molecule has 0 heterocycles. The van der Waals surface area contributed by atoms with Crippen LogP contribution in [0.25, 0.3) is 0 Å². The molecule has 0 aliphatic rings. The number of rotatable bonds is 29. The number of carboxylic acids is 1. The Bertz CT molecular complexity index is 602. The van der Waals surface area contributed by atoms with Gasteiger partial charge in [-0.2, -0.15) is 0 Å². The van der Waals surface area contributed by atoms with E-state index >= 15 is 0 Å². The van der Waals surface area contributed by atoms with Gasteiger partial charge in [-0.05, 0) is 51.7 Å². The molecule has 0 aliphatic heterocycles. The first kappa shape index (κ1) is 37.3. The van der Waals surface area contributed by atoms with Gasteiger partial charge >= 0.3 is 17.9 Å². The van der Waals surface area contributed by atoms with Gasteiger partial charge in [0, 0.05) is 25.9 Å². The zero-order valence-electron chi connectivity index (χ0n) is 25.6. The molecule has 1 N–H and O–H groups in total. The van der Waals surface area contributed by atoms with Crippen LogP contribution in [-0.4, -0.2) is 86.3 Å². The summed E-state index contributed by atoms with van der Waals surface area (Å²) in [6.45, 7) is 6.96. The van der Waals surface area contributed by atoms with E-state index in [1.807, 2.05) is 0 Å². The van der Waals surface area contributed by atoms with Crippen LogP contribution in [0.5, 0.6) is 0 Å². The lowest BCUT2D eigenvalue weighted by Crippen LogP contribution is -2.39. The van der Waals surface area contributed by atoms with Gasteiger partial charge in [-0.3, -0.25) is 19.3 Å². The van der Waals surface area contributed by atoms with E-state index in [0.717, 1.165) is 96.9 Å². The van der Waals surface area contributed by atoms with Crippen molar-refractivity contribution in [1.29, 1.82) is 0 Å². The van der Waals surface area contributed by atoms with Gasteiger partial charge in [0.2, 0.25) is 0 Å². The summed E-state index contributed by atoms with van der Waals surface area (Å²) in [6, 6.07) is 0. The summed E-state index contributed by atoms with van der Waals surface area (Å²) in [5, 5.41) is 9.43. The van der Waals surface area contributed by atoms with Crippen molar-refractivity contribution in [2.45, 2.75) is 129 Å². The molecule has 230 valence electrons. The van der Waals surface area contributed by atoms with Crippen molar-refractivity contribution in [3.05, 3.63) is 0 Å². The SMILES string of the molecule is CCCCCCCCCN(CCCCCCCC(=O)OC)CCN(CCCCCCCC(=O)OC)CC(=O)O. The highest BCUT2D eigenvalue weighted by Crippen LogP contribution is 2.11. The minimum absolute atomic E-state index is 0.0911. The normalized spacial score (nSPS) is 11.3. The van der Waals surface area contributed by atoms with Crippen LogP contribution in [0, 0.1) is 0 Å². The van der Waals surface area contributed by atoms with Crippen molar-refractivity contribution in [3.63, 3.8) is 0 Å². The molecule has 0 atom stereocenters. The van der Waals surface area contributed by atoms with E-state index in [1.165, 1.54) is 59.2 Å². The second kappa shape index (κ2) is 27.9. The maximum Gasteiger partial charge on any atom is 0.317 e. The topological polar surface area (TPSA) is 96.4 Å². The van der Waals surface area contributed by atoms with E-state index in [-0.39, 0.29) is 18.5 Å². The monoisotopic (exact) mass is 556 g/mol. The highest BCUT2D eigenvalue weighted by Gasteiger charge is 2.12. The fraction of sp³-hybridized carbons (Fsp3) is 0.903. The van der Waals surface area contributed by atoms with Crippen LogP contribution in [0.15, 0.2) is 0 Å². The third kappa shape index (κ3) is 26.3. The fourth-order valence-electron chi connectivity index (χ4n) is 4.85. The van der Waals surface area contributed by atoms with Crippen molar-refractivity contribution in [2.24, 2.45) is 0 Å². The molecular formula is C31H60N2O6. The number of unbranched alkanes of at least 4 members (excludes halogenated alkanes) is 14. The molecule has 0 aromatic carbocycles. The van der Waals surface area contributed by atoms with Gasteiger partial charge in [0.1, 0.15) is 0 Å². The third-order valence-corrected chi connectivity index (χ3v) is 7.34. The molecular weight excluding hydrogens is 496 g/mol. The average molecular weight is 557 g/mol. The molecule has 0 rings (SSSR count). The molecule has 0 spiro atoms. The van der Waals surface area contributed by atoms with Crippen molar-refractivity contribution >= 4 is 17.9 Å². The maximum atomic E-state index is 11.5. The smallest absolute Gasteiger partial charge is 0.317 e. The van der Waals surface area contributed by atoms with Gasteiger partial charge in [0.25, 0.3) is 0 Å². The quantitative estimate of drug-likeness (QED) is 0.0829. The summed E-state index contributed by atoms with van der Waals surface area (Å²) in [7, 11) is 2.86. The Morgan fingerprint density at radius 2 is 0.872 bits per heavy atom. The van der Waals surface area contributed by atoms with Gasteiger partial charge < -0.3 is 19.5 Å². The predicted octanol–water partition coefficient (Wildman–Crippen LogP) is 6.45. The Morgan fingerprint density at radius 3 is 1.28 bits per heavy atom. The molecule has 8 nitrogen and oxygen atoms in total. The number of carbonyl (C=O) groups is 3. The minimum Gasteiger partial charge on any atom is -0.480 e. The number of aliphatic carboxylic acids is 1. The van der Waals surface area contributed by atoms with Gasteiger partial charge in [0.15, 0.2) is 0 Å². The first-order chi connectivity index (χ1) is 18.9. The van der Waals surface area contributed by atoms with Crippen LogP contribution in [0.3, 0.4) is 0 Å². The van der Waals surface area contributed by atoms with E-state index in [9.17, 15) is 19.5 Å². The first-order valence-electron chi connectivity index (χ1n) is 15.7. The number of methoxy groups -OCH3 is 2. The minimum atomic E-state index is -0.765. The number of hydrogen-bond donors (Lipinski definition) is 1. The predicted molar refractivity (Wildman–Crippen MR) is 158 cm³/mol. The first-order valence-corrected chi connectivity index (χ1v) is 15.7. The summed E-state index contributed by atoms with van der Waals surface area (Å²) in [4.78, 5) is 38.5. The van der Waals surface area contributed by atoms with Crippen molar-refractivity contribution in [1.82, 2.24) is 9.80 Å². The number of hydrogen-bond acceptors (Lipinski definition) is 7. The van der Waals surface area contributed by atoms with Gasteiger partial charge in [-0.15, -0.1) is 0 Å². The van der Waals surface area contributed by atoms with Gasteiger partial charge in [0.05, 0.1) is 20.8 Å². The standard InChI is InChI=1S/C31H60N2O6/c1-4-5-6-7-8-13-18-23-32(24-19-14-9-11-16-21-30(36)38-2)26-27-33(28-29(34)35)25-20-15-10-12-17-22-31(37)39-3/h4-28H2,1-3H3,(H,34,35). The number of esters is 2. The van der Waals surface area contributed by atoms with E-state index in [2.05, 4.69) is 21.5 Å². The zero-order chi connectivity index (χ0) is 29.0. The molecule has 39 heavy (non-hydrogen) atoms. The molecule has 0 unspecified atom stereocenters. The Hall–Kier alpha value is -1.67. The van der Waals surface area contributed by atoms with Crippen molar-refractivity contribution < 1.29 is 29.0 Å². The molecule has 8 heteroatoms. The molecule has 0 saturated heterocycles. The fourth-order valence-corrected chi connectivity index (χ4v) is 4.85.